The number of benzene rings is 1. The average molecular weight is 262 g/mol. The summed E-state index contributed by atoms with van der Waals surface area (Å²) in [4.78, 5) is 24.8. The molecular formula is C14H18N2O3. The molecule has 2 rings (SSSR count). The lowest BCUT2D eigenvalue weighted by molar-refractivity contribution is -0.142. The van der Waals surface area contributed by atoms with Crippen molar-refractivity contribution in [1.82, 2.24) is 10.2 Å². The number of hydrogen-bond acceptors (Lipinski definition) is 3. The Morgan fingerprint density at radius 3 is 2.53 bits per heavy atom. The molecule has 0 spiro atoms. The summed E-state index contributed by atoms with van der Waals surface area (Å²) in [5.41, 5.74) is 0.909. The zero-order valence-corrected chi connectivity index (χ0v) is 10.9. The van der Waals surface area contributed by atoms with Gasteiger partial charge in [0.25, 0.3) is 0 Å². The molecule has 19 heavy (non-hydrogen) atoms. The normalized spacial score (nSPS) is 16.6. The van der Waals surface area contributed by atoms with E-state index in [9.17, 15) is 14.7 Å². The van der Waals surface area contributed by atoms with Crippen LogP contribution in [0, 0.1) is 0 Å². The molecule has 0 saturated carbocycles. The summed E-state index contributed by atoms with van der Waals surface area (Å²) in [5.74, 6) is -0.210. The highest BCUT2D eigenvalue weighted by Gasteiger charge is 2.30. The number of β-amino-alcohol motifs (C(OH)–C–C–N with tert-alkyl or cyclic N) is 1. The van der Waals surface area contributed by atoms with Gasteiger partial charge >= 0.3 is 0 Å². The van der Waals surface area contributed by atoms with Crippen LogP contribution in [-0.2, 0) is 9.59 Å². The van der Waals surface area contributed by atoms with Gasteiger partial charge in [-0.15, -0.1) is 0 Å². The van der Waals surface area contributed by atoms with E-state index in [1.54, 1.807) is 4.90 Å². The molecule has 0 radical (unpaired) electrons. The van der Waals surface area contributed by atoms with E-state index in [0.29, 0.717) is 13.1 Å². The Morgan fingerprint density at radius 2 is 2.00 bits per heavy atom. The number of carbonyl (C=O) groups is 2. The highest BCUT2D eigenvalue weighted by atomic mass is 16.3. The van der Waals surface area contributed by atoms with Gasteiger partial charge < -0.3 is 15.3 Å². The predicted molar refractivity (Wildman–Crippen MR) is 70.2 cm³/mol. The fraction of sp³-hybridized carbons (Fsp3) is 0.429. The first-order valence-corrected chi connectivity index (χ1v) is 6.34. The minimum atomic E-state index is -0.403. The number of nitrogens with one attached hydrogen (secondary N) is 1. The van der Waals surface area contributed by atoms with Gasteiger partial charge in [-0.1, -0.05) is 30.3 Å². The minimum absolute atomic E-state index is 0.0482. The van der Waals surface area contributed by atoms with Gasteiger partial charge in [0.2, 0.25) is 11.8 Å². The largest absolute Gasteiger partial charge is 0.389 e. The highest BCUT2D eigenvalue weighted by Crippen LogP contribution is 2.19. The van der Waals surface area contributed by atoms with E-state index in [2.05, 4.69) is 5.32 Å². The number of carbonyl (C=O) groups excluding carboxylic acids is 2. The van der Waals surface area contributed by atoms with E-state index < -0.39 is 6.10 Å². The van der Waals surface area contributed by atoms with Gasteiger partial charge in [-0.25, -0.2) is 0 Å². The summed E-state index contributed by atoms with van der Waals surface area (Å²) in [6, 6.07) is 9.10. The number of hydrogen-bond donors (Lipinski definition) is 2. The van der Waals surface area contributed by atoms with Gasteiger partial charge in [-0.2, -0.15) is 0 Å². The molecule has 2 amide bonds. The van der Waals surface area contributed by atoms with Gasteiger partial charge in [-0.3, -0.25) is 9.59 Å². The maximum Gasteiger partial charge on any atom is 0.225 e. The van der Waals surface area contributed by atoms with Gasteiger partial charge in [-0.05, 0) is 5.56 Å². The molecule has 102 valence electrons. The number of amides is 2. The molecule has 1 aliphatic rings. The quantitative estimate of drug-likeness (QED) is 0.828. The van der Waals surface area contributed by atoms with Crippen LogP contribution in [0.1, 0.15) is 24.9 Å². The number of aliphatic hydroxyl groups excluding tert-OH is 1. The summed E-state index contributed by atoms with van der Waals surface area (Å²) in [5, 5.41) is 12.0. The highest BCUT2D eigenvalue weighted by molar-refractivity contribution is 5.79. The van der Waals surface area contributed by atoms with Crippen molar-refractivity contribution < 1.29 is 14.7 Å². The van der Waals surface area contributed by atoms with Crippen LogP contribution in [0.2, 0.25) is 0 Å². The Morgan fingerprint density at radius 1 is 1.37 bits per heavy atom. The summed E-state index contributed by atoms with van der Waals surface area (Å²) in [7, 11) is 0. The molecule has 0 aromatic heterocycles. The molecule has 0 aliphatic carbocycles. The van der Waals surface area contributed by atoms with Crippen molar-refractivity contribution in [3.63, 3.8) is 0 Å². The second-order valence-electron chi connectivity index (χ2n) is 4.82. The van der Waals surface area contributed by atoms with Crippen molar-refractivity contribution in [1.29, 1.82) is 0 Å². The summed E-state index contributed by atoms with van der Waals surface area (Å²) in [6.07, 6.45) is -0.184. The number of rotatable bonds is 4. The lowest BCUT2D eigenvalue weighted by Gasteiger charge is -2.36. The van der Waals surface area contributed by atoms with E-state index in [4.69, 9.17) is 0 Å². The SMILES string of the molecule is CC(=O)NC(CC(=O)N1CC(O)C1)c1ccccc1. The molecule has 1 saturated heterocycles. The Kier molecular flexibility index (Phi) is 4.16. The van der Waals surface area contributed by atoms with E-state index in [1.165, 1.54) is 6.92 Å². The third kappa shape index (κ3) is 3.54. The molecule has 5 nitrogen and oxygen atoms in total. The predicted octanol–water partition coefficient (Wildman–Crippen LogP) is 0.457. The second-order valence-corrected chi connectivity index (χ2v) is 4.82. The number of nitrogens with zero attached hydrogens (tertiary/aromatic N) is 1. The Bertz CT molecular complexity index is 455. The molecule has 2 N–H and O–H groups in total. The topological polar surface area (TPSA) is 69.6 Å². The third-order valence-electron chi connectivity index (χ3n) is 3.17. The van der Waals surface area contributed by atoms with Crippen LogP contribution >= 0.6 is 0 Å². The first-order valence-electron chi connectivity index (χ1n) is 6.34. The van der Waals surface area contributed by atoms with Crippen molar-refractivity contribution in [3.8, 4) is 0 Å². The van der Waals surface area contributed by atoms with Crippen LogP contribution in [-0.4, -0.2) is 41.0 Å². The molecule has 5 heteroatoms. The lowest BCUT2D eigenvalue weighted by Crippen LogP contribution is -2.54. The van der Waals surface area contributed by atoms with Crippen LogP contribution in [0.4, 0.5) is 0 Å². The Hall–Kier alpha value is -1.88. The average Bonchev–Trinajstić information content (AvgIpc) is 2.34. The van der Waals surface area contributed by atoms with Gasteiger partial charge in [0.15, 0.2) is 0 Å². The molecule has 0 bridgehead atoms. The molecule has 1 unspecified atom stereocenters. The van der Waals surface area contributed by atoms with Gasteiger partial charge in [0.05, 0.1) is 18.6 Å². The van der Waals surface area contributed by atoms with E-state index in [1.807, 2.05) is 30.3 Å². The monoisotopic (exact) mass is 262 g/mol. The number of likely N-dealkylation sites (tertiary alicyclic amines) is 1. The van der Waals surface area contributed by atoms with Crippen molar-refractivity contribution in [3.05, 3.63) is 35.9 Å². The molecule has 1 aliphatic heterocycles. The Labute approximate surface area is 112 Å². The molecule has 1 atom stereocenters. The molecule has 1 fully saturated rings. The molecule has 1 aromatic carbocycles. The maximum absolute atomic E-state index is 12.0. The van der Waals surface area contributed by atoms with Crippen LogP contribution in [0.3, 0.4) is 0 Å². The van der Waals surface area contributed by atoms with E-state index >= 15 is 0 Å². The zero-order valence-electron chi connectivity index (χ0n) is 10.9. The Balaban J connectivity index is 2.02. The maximum atomic E-state index is 12.0. The van der Waals surface area contributed by atoms with Crippen LogP contribution in [0.5, 0.6) is 0 Å². The molecule has 1 heterocycles. The fourth-order valence-electron chi connectivity index (χ4n) is 2.15. The zero-order chi connectivity index (χ0) is 13.8. The van der Waals surface area contributed by atoms with E-state index in [0.717, 1.165) is 5.56 Å². The number of aliphatic hydroxyl groups is 1. The van der Waals surface area contributed by atoms with Crippen molar-refractivity contribution in [2.24, 2.45) is 0 Å². The van der Waals surface area contributed by atoms with E-state index in [-0.39, 0.29) is 24.3 Å². The summed E-state index contributed by atoms with van der Waals surface area (Å²) in [6.45, 7) is 2.22. The minimum Gasteiger partial charge on any atom is -0.389 e. The molecule has 1 aromatic rings. The fourth-order valence-corrected chi connectivity index (χ4v) is 2.15. The third-order valence-corrected chi connectivity index (χ3v) is 3.17. The van der Waals surface area contributed by atoms with Crippen molar-refractivity contribution in [2.45, 2.75) is 25.5 Å². The second kappa shape index (κ2) is 5.84. The lowest BCUT2D eigenvalue weighted by atomic mass is 10.0. The first-order chi connectivity index (χ1) is 9.06. The van der Waals surface area contributed by atoms with Crippen LogP contribution < -0.4 is 5.32 Å². The van der Waals surface area contributed by atoms with Crippen LogP contribution in [0.25, 0.3) is 0 Å². The van der Waals surface area contributed by atoms with Crippen molar-refractivity contribution in [2.75, 3.05) is 13.1 Å². The van der Waals surface area contributed by atoms with Crippen molar-refractivity contribution >= 4 is 11.8 Å². The summed E-state index contributed by atoms with van der Waals surface area (Å²) >= 11 is 0. The van der Waals surface area contributed by atoms with Gasteiger partial charge in [0.1, 0.15) is 0 Å². The first kappa shape index (κ1) is 13.5. The summed E-state index contributed by atoms with van der Waals surface area (Å²) < 4.78 is 0. The van der Waals surface area contributed by atoms with Gasteiger partial charge in [0, 0.05) is 20.0 Å². The van der Waals surface area contributed by atoms with Crippen LogP contribution in [0.15, 0.2) is 30.3 Å². The smallest absolute Gasteiger partial charge is 0.225 e. The molecular weight excluding hydrogens is 244 g/mol. The standard InChI is InChI=1S/C14H18N2O3/c1-10(17)15-13(11-5-3-2-4-6-11)7-14(19)16-8-12(18)9-16/h2-6,12-13,18H,7-9H2,1H3,(H,15,17).